The van der Waals surface area contributed by atoms with E-state index in [-0.39, 0.29) is 11.5 Å². The van der Waals surface area contributed by atoms with Gasteiger partial charge in [0.05, 0.1) is 19.0 Å². The van der Waals surface area contributed by atoms with Crippen LogP contribution in [0.4, 0.5) is 11.4 Å². The van der Waals surface area contributed by atoms with Crippen molar-refractivity contribution in [1.82, 2.24) is 14.7 Å². The summed E-state index contributed by atoms with van der Waals surface area (Å²) in [5.41, 5.74) is 0.789. The Balaban J connectivity index is 1.61. The fourth-order valence-corrected chi connectivity index (χ4v) is 3.28. The summed E-state index contributed by atoms with van der Waals surface area (Å²) < 4.78 is 6.47. The van der Waals surface area contributed by atoms with E-state index in [2.05, 4.69) is 15.3 Å². The zero-order valence-electron chi connectivity index (χ0n) is 16.8. The van der Waals surface area contributed by atoms with Crippen molar-refractivity contribution in [2.24, 2.45) is 7.05 Å². The van der Waals surface area contributed by atoms with Gasteiger partial charge in [-0.2, -0.15) is 5.10 Å². The van der Waals surface area contributed by atoms with E-state index in [4.69, 9.17) is 4.74 Å². The molecule has 2 aromatic rings. The number of nitrogens with one attached hydrogen (secondary N) is 1. The fourth-order valence-electron chi connectivity index (χ4n) is 3.28. The van der Waals surface area contributed by atoms with Crippen molar-refractivity contribution in [3.8, 4) is 5.75 Å². The third kappa shape index (κ3) is 4.27. The molecule has 3 rings (SSSR count). The molecule has 0 bridgehead atoms. The third-order valence-electron chi connectivity index (χ3n) is 4.97. The number of anilines is 2. The van der Waals surface area contributed by atoms with Crippen LogP contribution in [0, 0.1) is 0 Å². The lowest BCUT2D eigenvalue weighted by Gasteiger charge is -2.39. The van der Waals surface area contributed by atoms with E-state index in [1.807, 2.05) is 43.0 Å². The molecule has 0 saturated carbocycles. The second kappa shape index (κ2) is 7.92. The lowest BCUT2D eigenvalue weighted by Crippen LogP contribution is -2.56. The smallest absolute Gasteiger partial charge is 0.268 e. The molecule has 0 radical (unpaired) electrons. The maximum atomic E-state index is 13.0. The number of aryl methyl sites for hydroxylation is 1. The molecule has 0 aliphatic carbocycles. The van der Waals surface area contributed by atoms with E-state index in [0.29, 0.717) is 26.2 Å². The Morgan fingerprint density at radius 1 is 1.14 bits per heavy atom. The normalized spacial score (nSPS) is 14.7. The zero-order valence-corrected chi connectivity index (χ0v) is 16.8. The van der Waals surface area contributed by atoms with Gasteiger partial charge < -0.3 is 19.9 Å². The van der Waals surface area contributed by atoms with E-state index in [0.717, 1.165) is 17.1 Å². The molecule has 1 aliphatic heterocycles. The Labute approximate surface area is 164 Å². The molecule has 0 atom stereocenters. The standard InChI is InChI=1S/C20H27N5O3/c1-20(2,22-15-5-7-17(28-4)8-6-15)19(27)25-11-9-24(10-12-25)16-13-18(26)23(3)21-14-16/h5-8,13-14,22H,9-12H2,1-4H3. The van der Waals surface area contributed by atoms with Gasteiger partial charge in [-0.25, -0.2) is 4.68 Å². The monoisotopic (exact) mass is 385 g/mol. The predicted octanol–water partition coefficient (Wildman–Crippen LogP) is 1.33. The molecule has 2 heterocycles. The summed E-state index contributed by atoms with van der Waals surface area (Å²) in [6, 6.07) is 9.10. The summed E-state index contributed by atoms with van der Waals surface area (Å²) in [5.74, 6) is 0.820. The van der Waals surface area contributed by atoms with Gasteiger partial charge in [-0.05, 0) is 38.1 Å². The molecule has 150 valence electrons. The molecule has 1 saturated heterocycles. The average molecular weight is 385 g/mol. The Morgan fingerprint density at radius 3 is 2.36 bits per heavy atom. The molecule has 1 aromatic heterocycles. The molecule has 0 spiro atoms. The second-order valence-corrected chi connectivity index (χ2v) is 7.43. The molecule has 1 aromatic carbocycles. The first kappa shape index (κ1) is 19.7. The maximum absolute atomic E-state index is 13.0. The highest BCUT2D eigenvalue weighted by atomic mass is 16.5. The molecular weight excluding hydrogens is 358 g/mol. The summed E-state index contributed by atoms with van der Waals surface area (Å²) in [4.78, 5) is 28.8. The number of benzene rings is 1. The number of carbonyl (C=O) groups is 1. The molecule has 0 unspecified atom stereocenters. The van der Waals surface area contributed by atoms with Crippen molar-refractivity contribution in [3.63, 3.8) is 0 Å². The van der Waals surface area contributed by atoms with Crippen molar-refractivity contribution in [2.75, 3.05) is 43.5 Å². The number of rotatable bonds is 5. The van der Waals surface area contributed by atoms with Gasteiger partial charge in [0, 0.05) is 45.0 Å². The minimum atomic E-state index is -0.735. The first-order valence-electron chi connectivity index (χ1n) is 9.30. The van der Waals surface area contributed by atoms with E-state index in [1.54, 1.807) is 26.4 Å². The van der Waals surface area contributed by atoms with E-state index in [1.165, 1.54) is 4.68 Å². The topological polar surface area (TPSA) is 79.7 Å². The number of hydrogen-bond donors (Lipinski definition) is 1. The van der Waals surface area contributed by atoms with Crippen molar-refractivity contribution < 1.29 is 9.53 Å². The minimum absolute atomic E-state index is 0.0464. The van der Waals surface area contributed by atoms with Gasteiger partial charge in [-0.3, -0.25) is 9.59 Å². The number of piperazine rings is 1. The fraction of sp³-hybridized carbons (Fsp3) is 0.450. The second-order valence-electron chi connectivity index (χ2n) is 7.43. The first-order valence-corrected chi connectivity index (χ1v) is 9.30. The highest BCUT2D eigenvalue weighted by Crippen LogP contribution is 2.22. The molecule has 28 heavy (non-hydrogen) atoms. The highest BCUT2D eigenvalue weighted by Gasteiger charge is 2.33. The van der Waals surface area contributed by atoms with Gasteiger partial charge in [0.25, 0.3) is 5.56 Å². The van der Waals surface area contributed by atoms with Crippen LogP contribution in [-0.2, 0) is 11.8 Å². The van der Waals surface area contributed by atoms with E-state index >= 15 is 0 Å². The number of methoxy groups -OCH3 is 1. The van der Waals surface area contributed by atoms with Crippen molar-refractivity contribution in [1.29, 1.82) is 0 Å². The Kier molecular flexibility index (Phi) is 5.58. The predicted molar refractivity (Wildman–Crippen MR) is 109 cm³/mol. The molecule has 1 fully saturated rings. The highest BCUT2D eigenvalue weighted by molar-refractivity contribution is 5.88. The molecule has 8 heteroatoms. The van der Waals surface area contributed by atoms with Gasteiger partial charge >= 0.3 is 0 Å². The SMILES string of the molecule is COc1ccc(NC(C)(C)C(=O)N2CCN(c3cnn(C)c(=O)c3)CC2)cc1. The Morgan fingerprint density at radius 2 is 1.79 bits per heavy atom. The van der Waals surface area contributed by atoms with E-state index < -0.39 is 5.54 Å². The van der Waals surface area contributed by atoms with Gasteiger partial charge in [0.2, 0.25) is 5.91 Å². The van der Waals surface area contributed by atoms with Crippen LogP contribution < -0.4 is 20.5 Å². The Hall–Kier alpha value is -3.03. The van der Waals surface area contributed by atoms with Crippen LogP contribution >= 0.6 is 0 Å². The van der Waals surface area contributed by atoms with Gasteiger partial charge in [-0.1, -0.05) is 0 Å². The number of amides is 1. The molecule has 8 nitrogen and oxygen atoms in total. The van der Waals surface area contributed by atoms with Crippen LogP contribution in [0.15, 0.2) is 41.3 Å². The van der Waals surface area contributed by atoms with Crippen LogP contribution in [0.3, 0.4) is 0 Å². The van der Waals surface area contributed by atoms with Gasteiger partial charge in [0.1, 0.15) is 11.3 Å². The number of aromatic nitrogens is 2. The Bertz CT molecular complexity index is 883. The zero-order chi connectivity index (χ0) is 20.3. The largest absolute Gasteiger partial charge is 0.497 e. The van der Waals surface area contributed by atoms with Crippen LogP contribution in [0.5, 0.6) is 5.75 Å². The summed E-state index contributed by atoms with van der Waals surface area (Å²) >= 11 is 0. The first-order chi connectivity index (χ1) is 13.3. The number of hydrogen-bond acceptors (Lipinski definition) is 6. The number of nitrogens with zero attached hydrogens (tertiary/aromatic N) is 4. The minimum Gasteiger partial charge on any atom is -0.497 e. The summed E-state index contributed by atoms with van der Waals surface area (Å²) in [6.07, 6.45) is 1.69. The third-order valence-corrected chi connectivity index (χ3v) is 4.97. The van der Waals surface area contributed by atoms with Crippen molar-refractivity contribution >= 4 is 17.3 Å². The summed E-state index contributed by atoms with van der Waals surface area (Å²) in [7, 11) is 3.25. The van der Waals surface area contributed by atoms with Crippen LogP contribution in [0.25, 0.3) is 0 Å². The number of ether oxygens (including phenoxy) is 1. The van der Waals surface area contributed by atoms with E-state index in [9.17, 15) is 9.59 Å². The molecule has 1 N–H and O–H groups in total. The van der Waals surface area contributed by atoms with Crippen LogP contribution in [0.1, 0.15) is 13.8 Å². The molecular formula is C20H27N5O3. The van der Waals surface area contributed by atoms with Crippen molar-refractivity contribution in [3.05, 3.63) is 46.9 Å². The van der Waals surface area contributed by atoms with Crippen LogP contribution in [-0.4, -0.2) is 59.4 Å². The van der Waals surface area contributed by atoms with Crippen molar-refractivity contribution in [2.45, 2.75) is 19.4 Å². The number of carbonyl (C=O) groups excluding carboxylic acids is 1. The molecule has 1 amide bonds. The summed E-state index contributed by atoms with van der Waals surface area (Å²) in [6.45, 7) is 6.30. The maximum Gasteiger partial charge on any atom is 0.268 e. The van der Waals surface area contributed by atoms with Crippen LogP contribution in [0.2, 0.25) is 0 Å². The lowest BCUT2D eigenvalue weighted by molar-refractivity contribution is -0.135. The average Bonchev–Trinajstić information content (AvgIpc) is 2.70. The quantitative estimate of drug-likeness (QED) is 0.837. The van der Waals surface area contributed by atoms with Gasteiger partial charge in [-0.15, -0.1) is 0 Å². The lowest BCUT2D eigenvalue weighted by atomic mass is 10.0. The molecule has 1 aliphatic rings. The van der Waals surface area contributed by atoms with Gasteiger partial charge in [0.15, 0.2) is 0 Å². The summed E-state index contributed by atoms with van der Waals surface area (Å²) in [5, 5.41) is 7.38.